The van der Waals surface area contributed by atoms with Crippen LogP contribution < -0.4 is 14.8 Å². The first-order valence-electron chi connectivity index (χ1n) is 9.51. The van der Waals surface area contributed by atoms with E-state index in [1.807, 2.05) is 42.2 Å². The average molecular weight is 380 g/mol. The van der Waals surface area contributed by atoms with Crippen molar-refractivity contribution in [2.45, 2.75) is 25.4 Å². The summed E-state index contributed by atoms with van der Waals surface area (Å²) in [7, 11) is 1.57. The van der Waals surface area contributed by atoms with Gasteiger partial charge in [-0.05, 0) is 31.2 Å². The van der Waals surface area contributed by atoms with Gasteiger partial charge >= 0.3 is 0 Å². The maximum absolute atomic E-state index is 12.9. The van der Waals surface area contributed by atoms with Gasteiger partial charge in [0.15, 0.2) is 0 Å². The van der Waals surface area contributed by atoms with E-state index in [1.54, 1.807) is 19.2 Å². The van der Waals surface area contributed by atoms with Gasteiger partial charge < -0.3 is 19.7 Å². The van der Waals surface area contributed by atoms with E-state index >= 15 is 0 Å². The minimum atomic E-state index is -0.492. The molecule has 28 heavy (non-hydrogen) atoms. The fraction of sp³-hybridized carbons (Fsp3) is 0.364. The quantitative estimate of drug-likeness (QED) is 0.870. The number of benzene rings is 2. The van der Waals surface area contributed by atoms with Gasteiger partial charge in [0.2, 0.25) is 0 Å². The fourth-order valence-corrected chi connectivity index (χ4v) is 3.90. The van der Waals surface area contributed by atoms with Crippen molar-refractivity contribution in [2.75, 3.05) is 26.7 Å². The molecule has 2 aromatic rings. The first-order chi connectivity index (χ1) is 13.5. The van der Waals surface area contributed by atoms with E-state index in [9.17, 15) is 9.59 Å². The third-order valence-corrected chi connectivity index (χ3v) is 5.58. The second-order valence-electron chi connectivity index (χ2n) is 7.46. The molecule has 0 bridgehead atoms. The summed E-state index contributed by atoms with van der Waals surface area (Å²) in [6.07, 6.45) is 1.31. The zero-order valence-corrected chi connectivity index (χ0v) is 16.2. The SMILES string of the molecule is COc1ccccc1C(=O)N1CCC2(CC1)CNC(=O)c1cc(C)ccc1O2. The molecule has 1 fully saturated rings. The molecule has 6 heteroatoms. The number of fused-ring (bicyclic) bond motifs is 1. The molecule has 2 aliphatic rings. The molecule has 1 N–H and O–H groups in total. The minimum absolute atomic E-state index is 0.0408. The van der Waals surface area contributed by atoms with Crippen LogP contribution in [0, 0.1) is 6.92 Å². The normalized spacial score (nSPS) is 17.9. The van der Waals surface area contributed by atoms with E-state index in [0.717, 1.165) is 5.56 Å². The van der Waals surface area contributed by atoms with E-state index in [4.69, 9.17) is 9.47 Å². The average Bonchev–Trinajstić information content (AvgIpc) is 2.85. The minimum Gasteiger partial charge on any atom is -0.496 e. The molecule has 0 atom stereocenters. The Morgan fingerprint density at radius 1 is 1.18 bits per heavy atom. The standard InChI is InChI=1S/C22H24N2O4/c1-15-7-8-19-17(13-15)20(25)23-14-22(28-19)9-11-24(12-10-22)21(26)16-5-3-4-6-18(16)27-2/h3-8,13H,9-12,14H2,1-2H3,(H,23,25). The second kappa shape index (κ2) is 7.19. The van der Waals surface area contributed by atoms with Gasteiger partial charge in [0, 0.05) is 25.9 Å². The molecule has 2 aromatic carbocycles. The van der Waals surface area contributed by atoms with Crippen molar-refractivity contribution < 1.29 is 19.1 Å². The number of piperidine rings is 1. The number of para-hydroxylation sites is 1. The molecule has 1 saturated heterocycles. The summed E-state index contributed by atoms with van der Waals surface area (Å²) in [5, 5.41) is 3.00. The lowest BCUT2D eigenvalue weighted by Gasteiger charge is -2.41. The van der Waals surface area contributed by atoms with Crippen molar-refractivity contribution in [3.63, 3.8) is 0 Å². The number of likely N-dealkylation sites (tertiary alicyclic amines) is 1. The van der Waals surface area contributed by atoms with Gasteiger partial charge in [-0.3, -0.25) is 9.59 Å². The molecule has 2 aliphatic heterocycles. The number of nitrogens with zero attached hydrogens (tertiary/aromatic N) is 1. The van der Waals surface area contributed by atoms with Gasteiger partial charge in [0.25, 0.3) is 11.8 Å². The Labute approximate surface area is 164 Å². The summed E-state index contributed by atoms with van der Waals surface area (Å²) < 4.78 is 11.7. The topological polar surface area (TPSA) is 67.9 Å². The van der Waals surface area contributed by atoms with Gasteiger partial charge in [0.1, 0.15) is 17.1 Å². The predicted octanol–water partition coefficient (Wildman–Crippen LogP) is 2.80. The Morgan fingerprint density at radius 2 is 1.93 bits per heavy atom. The third kappa shape index (κ3) is 3.30. The molecular formula is C22H24N2O4. The number of amides is 2. The lowest BCUT2D eigenvalue weighted by Crippen LogP contribution is -2.54. The maximum Gasteiger partial charge on any atom is 0.257 e. The molecule has 0 aliphatic carbocycles. The number of hydrogen-bond acceptors (Lipinski definition) is 4. The van der Waals surface area contributed by atoms with Crippen molar-refractivity contribution in [2.24, 2.45) is 0 Å². The van der Waals surface area contributed by atoms with E-state index in [1.165, 1.54) is 0 Å². The summed E-state index contributed by atoms with van der Waals surface area (Å²) in [5.41, 5.74) is 1.67. The number of rotatable bonds is 2. The predicted molar refractivity (Wildman–Crippen MR) is 105 cm³/mol. The highest BCUT2D eigenvalue weighted by Crippen LogP contribution is 2.34. The van der Waals surface area contributed by atoms with E-state index < -0.39 is 5.60 Å². The Balaban J connectivity index is 1.51. The Morgan fingerprint density at radius 3 is 2.68 bits per heavy atom. The molecular weight excluding hydrogens is 356 g/mol. The monoisotopic (exact) mass is 380 g/mol. The van der Waals surface area contributed by atoms with Gasteiger partial charge in [0.05, 0.1) is 24.8 Å². The fourth-order valence-electron chi connectivity index (χ4n) is 3.90. The lowest BCUT2D eigenvalue weighted by atomic mass is 9.90. The van der Waals surface area contributed by atoms with E-state index in [0.29, 0.717) is 55.1 Å². The third-order valence-electron chi connectivity index (χ3n) is 5.58. The van der Waals surface area contributed by atoms with Crippen LogP contribution in [0.25, 0.3) is 0 Å². The largest absolute Gasteiger partial charge is 0.496 e. The van der Waals surface area contributed by atoms with Crippen LogP contribution in [0.4, 0.5) is 0 Å². The van der Waals surface area contributed by atoms with Crippen molar-refractivity contribution in [1.29, 1.82) is 0 Å². The molecule has 0 unspecified atom stereocenters. The molecule has 0 aromatic heterocycles. The number of aryl methyl sites for hydroxylation is 1. The van der Waals surface area contributed by atoms with Crippen LogP contribution in [0.2, 0.25) is 0 Å². The zero-order chi connectivity index (χ0) is 19.7. The van der Waals surface area contributed by atoms with Crippen molar-refractivity contribution >= 4 is 11.8 Å². The highest BCUT2D eigenvalue weighted by molar-refractivity contribution is 5.98. The first kappa shape index (κ1) is 18.3. The number of carbonyl (C=O) groups is 2. The highest BCUT2D eigenvalue weighted by atomic mass is 16.5. The number of ether oxygens (including phenoxy) is 2. The van der Waals surface area contributed by atoms with Gasteiger partial charge in [-0.1, -0.05) is 23.8 Å². The second-order valence-corrected chi connectivity index (χ2v) is 7.46. The molecule has 0 saturated carbocycles. The Hall–Kier alpha value is -3.02. The number of nitrogens with one attached hydrogen (secondary N) is 1. The van der Waals surface area contributed by atoms with Crippen LogP contribution in [0.1, 0.15) is 39.1 Å². The molecule has 1 spiro atoms. The molecule has 2 amide bonds. The number of hydrogen-bond donors (Lipinski definition) is 1. The van der Waals surface area contributed by atoms with Gasteiger partial charge in [-0.15, -0.1) is 0 Å². The number of methoxy groups -OCH3 is 1. The van der Waals surface area contributed by atoms with Crippen LogP contribution in [0.3, 0.4) is 0 Å². The molecule has 4 rings (SSSR count). The highest BCUT2D eigenvalue weighted by Gasteiger charge is 2.41. The summed E-state index contributed by atoms with van der Waals surface area (Å²) in [6, 6.07) is 12.9. The zero-order valence-electron chi connectivity index (χ0n) is 16.2. The molecule has 146 valence electrons. The van der Waals surface area contributed by atoms with Crippen LogP contribution >= 0.6 is 0 Å². The summed E-state index contributed by atoms with van der Waals surface area (Å²) >= 11 is 0. The number of carbonyl (C=O) groups excluding carboxylic acids is 2. The smallest absolute Gasteiger partial charge is 0.257 e. The van der Waals surface area contributed by atoms with Crippen LogP contribution in [-0.4, -0.2) is 49.1 Å². The van der Waals surface area contributed by atoms with Crippen molar-refractivity contribution in [3.05, 3.63) is 59.2 Å². The van der Waals surface area contributed by atoms with E-state index in [-0.39, 0.29) is 11.8 Å². The van der Waals surface area contributed by atoms with Gasteiger partial charge in [-0.25, -0.2) is 0 Å². The first-order valence-corrected chi connectivity index (χ1v) is 9.51. The van der Waals surface area contributed by atoms with Gasteiger partial charge in [-0.2, -0.15) is 0 Å². The van der Waals surface area contributed by atoms with Crippen molar-refractivity contribution in [1.82, 2.24) is 10.2 Å². The van der Waals surface area contributed by atoms with Crippen LogP contribution in [0.15, 0.2) is 42.5 Å². The van der Waals surface area contributed by atoms with Crippen LogP contribution in [-0.2, 0) is 0 Å². The molecule has 6 nitrogen and oxygen atoms in total. The maximum atomic E-state index is 12.9. The summed E-state index contributed by atoms with van der Waals surface area (Å²) in [5.74, 6) is 1.05. The Bertz CT molecular complexity index is 917. The lowest BCUT2D eigenvalue weighted by molar-refractivity contribution is 0.00762. The molecule has 0 radical (unpaired) electrons. The van der Waals surface area contributed by atoms with Crippen molar-refractivity contribution in [3.8, 4) is 11.5 Å². The summed E-state index contributed by atoms with van der Waals surface area (Å²) in [4.78, 5) is 27.2. The van der Waals surface area contributed by atoms with E-state index in [2.05, 4.69) is 5.32 Å². The Kier molecular flexibility index (Phi) is 4.71. The van der Waals surface area contributed by atoms with Crippen LogP contribution in [0.5, 0.6) is 11.5 Å². The summed E-state index contributed by atoms with van der Waals surface area (Å²) in [6.45, 7) is 3.52. The molecule has 2 heterocycles.